The highest BCUT2D eigenvalue weighted by Crippen LogP contribution is 2.31. The van der Waals surface area contributed by atoms with E-state index in [4.69, 9.17) is 0 Å². The highest BCUT2D eigenvalue weighted by molar-refractivity contribution is 6.09. The molecule has 0 bridgehead atoms. The molecule has 1 heterocycles. The number of benzene rings is 4. The van der Waals surface area contributed by atoms with Crippen molar-refractivity contribution in [2.75, 3.05) is 5.32 Å². The summed E-state index contributed by atoms with van der Waals surface area (Å²) in [5, 5.41) is 8.34. The lowest BCUT2D eigenvalue weighted by atomic mass is 10.0. The van der Waals surface area contributed by atoms with Crippen molar-refractivity contribution in [2.24, 2.45) is 0 Å². The first-order valence-electron chi connectivity index (χ1n) is 11.9. The van der Waals surface area contributed by atoms with Gasteiger partial charge in [-0.15, -0.1) is 0 Å². The largest absolute Gasteiger partial charge is 0.345 e. The third kappa shape index (κ3) is 4.66. The minimum Gasteiger partial charge on any atom is -0.345 e. The van der Waals surface area contributed by atoms with Gasteiger partial charge in [0.25, 0.3) is 5.91 Å². The van der Waals surface area contributed by atoms with Crippen LogP contribution in [0.2, 0.25) is 0 Å². The van der Waals surface area contributed by atoms with E-state index in [1.54, 1.807) is 12.1 Å². The van der Waals surface area contributed by atoms with E-state index in [0.717, 1.165) is 34.1 Å². The molecular weight excluding hydrogens is 434 g/mol. The number of hydrogen-bond acceptors (Lipinski definition) is 2. The summed E-state index contributed by atoms with van der Waals surface area (Å²) in [6.07, 6.45) is 0.122. The van der Waals surface area contributed by atoms with Crippen LogP contribution in [0.4, 0.5) is 5.69 Å². The lowest BCUT2D eigenvalue weighted by Gasteiger charge is -2.19. The lowest BCUT2D eigenvalue weighted by Crippen LogP contribution is -2.31. The van der Waals surface area contributed by atoms with Crippen LogP contribution in [-0.2, 0) is 11.3 Å². The molecule has 0 saturated heterocycles. The number of nitrogens with zero attached hydrogens (tertiary/aromatic N) is 1. The average molecular weight is 462 g/mol. The molecule has 0 radical (unpaired) electrons. The highest BCUT2D eigenvalue weighted by atomic mass is 16.2. The third-order valence-electron chi connectivity index (χ3n) is 6.31. The van der Waals surface area contributed by atoms with Crippen LogP contribution in [0.3, 0.4) is 0 Å². The molecule has 0 aliphatic rings. The minimum absolute atomic E-state index is 0.122. The summed E-state index contributed by atoms with van der Waals surface area (Å²) in [7, 11) is 0. The summed E-state index contributed by atoms with van der Waals surface area (Å²) in [5.41, 5.74) is 4.51. The Labute approximate surface area is 204 Å². The van der Waals surface area contributed by atoms with E-state index in [1.165, 1.54) is 5.52 Å². The number of hydrogen-bond donors (Lipinski definition) is 2. The molecule has 0 spiro atoms. The van der Waals surface area contributed by atoms with Crippen molar-refractivity contribution in [1.82, 2.24) is 9.88 Å². The molecule has 5 rings (SSSR count). The summed E-state index contributed by atoms with van der Waals surface area (Å²) in [6, 6.07) is 32.5. The molecule has 2 N–H and O–H groups in total. The van der Waals surface area contributed by atoms with E-state index in [9.17, 15) is 9.59 Å². The summed E-state index contributed by atoms with van der Waals surface area (Å²) in [6.45, 7) is 3.00. The minimum atomic E-state index is -0.449. The van der Waals surface area contributed by atoms with Crippen molar-refractivity contribution in [3.8, 4) is 0 Å². The smallest absolute Gasteiger partial charge is 0.251 e. The fourth-order valence-electron chi connectivity index (χ4n) is 4.64. The summed E-state index contributed by atoms with van der Waals surface area (Å²) >= 11 is 0. The molecule has 0 fully saturated rings. The van der Waals surface area contributed by atoms with Gasteiger partial charge in [-0.05, 0) is 48.9 Å². The molecule has 1 aromatic heterocycles. The van der Waals surface area contributed by atoms with E-state index >= 15 is 0 Å². The molecule has 35 heavy (non-hydrogen) atoms. The van der Waals surface area contributed by atoms with Crippen molar-refractivity contribution in [3.05, 3.63) is 114 Å². The number of carbonyl (C=O) groups is 2. The van der Waals surface area contributed by atoms with E-state index in [0.29, 0.717) is 5.56 Å². The molecule has 0 aliphatic carbocycles. The first kappa shape index (κ1) is 22.4. The maximum Gasteiger partial charge on any atom is 0.251 e. The Bertz CT molecular complexity index is 1490. The summed E-state index contributed by atoms with van der Waals surface area (Å²) < 4.78 is 2.28. The number of nitrogens with one attached hydrogen (secondary N) is 2. The van der Waals surface area contributed by atoms with Gasteiger partial charge in [0, 0.05) is 39.6 Å². The monoisotopic (exact) mass is 461 g/mol. The van der Waals surface area contributed by atoms with Gasteiger partial charge >= 0.3 is 0 Å². The second kappa shape index (κ2) is 9.85. The molecule has 5 aromatic rings. The number of aromatic nitrogens is 1. The number of rotatable bonds is 7. The molecule has 2 amide bonds. The Morgan fingerprint density at radius 2 is 1.43 bits per heavy atom. The normalized spacial score (nSPS) is 11.9. The van der Waals surface area contributed by atoms with Gasteiger partial charge in [-0.2, -0.15) is 0 Å². The number of aryl methyl sites for hydroxylation is 1. The molecule has 174 valence electrons. The van der Waals surface area contributed by atoms with E-state index in [-0.39, 0.29) is 18.2 Å². The van der Waals surface area contributed by atoms with Gasteiger partial charge in [-0.1, -0.05) is 66.7 Å². The second-order valence-electron chi connectivity index (χ2n) is 8.55. The molecule has 0 unspecified atom stereocenters. The molecule has 1 atom stereocenters. The van der Waals surface area contributed by atoms with Gasteiger partial charge in [-0.25, -0.2) is 0 Å². The predicted octanol–water partition coefficient (Wildman–Crippen LogP) is 6.31. The zero-order valence-electron chi connectivity index (χ0n) is 19.6. The third-order valence-corrected chi connectivity index (χ3v) is 6.31. The maximum absolute atomic E-state index is 13.1. The van der Waals surface area contributed by atoms with Crippen molar-refractivity contribution in [2.45, 2.75) is 25.9 Å². The highest BCUT2D eigenvalue weighted by Gasteiger charge is 2.20. The van der Waals surface area contributed by atoms with Crippen LogP contribution < -0.4 is 10.6 Å². The quantitative estimate of drug-likeness (QED) is 0.298. The Balaban J connectivity index is 1.38. The van der Waals surface area contributed by atoms with E-state index in [1.807, 2.05) is 72.8 Å². The second-order valence-corrected chi connectivity index (χ2v) is 8.55. The number of carbonyl (C=O) groups excluding carboxylic acids is 2. The Hall–Kier alpha value is -4.38. The van der Waals surface area contributed by atoms with Crippen molar-refractivity contribution in [1.29, 1.82) is 0 Å². The maximum atomic E-state index is 13.1. The zero-order valence-corrected chi connectivity index (χ0v) is 19.6. The number of para-hydroxylation sites is 1. The molecule has 0 aliphatic heterocycles. The summed E-state index contributed by atoms with van der Waals surface area (Å²) in [5.74, 6) is -0.369. The fourth-order valence-corrected chi connectivity index (χ4v) is 4.64. The van der Waals surface area contributed by atoms with Crippen LogP contribution in [0, 0.1) is 0 Å². The Morgan fingerprint density at radius 3 is 2.17 bits per heavy atom. The van der Waals surface area contributed by atoms with Crippen molar-refractivity contribution in [3.63, 3.8) is 0 Å². The summed E-state index contributed by atoms with van der Waals surface area (Å²) in [4.78, 5) is 25.9. The van der Waals surface area contributed by atoms with E-state index in [2.05, 4.69) is 40.3 Å². The van der Waals surface area contributed by atoms with Crippen LogP contribution in [0.1, 0.15) is 35.3 Å². The molecule has 5 nitrogen and oxygen atoms in total. The van der Waals surface area contributed by atoms with Crippen molar-refractivity contribution < 1.29 is 9.59 Å². The molecular formula is C30H27N3O2. The standard InChI is InChI=1S/C30H27N3O2/c1-2-33-27-16-10-9-15-24(27)25-19-23(17-18-28(25)33)31-29(34)20-26(21-11-5-3-6-12-21)32-30(35)22-13-7-4-8-14-22/h3-19,26H,2,20H2,1H3,(H,31,34)(H,32,35)/t26-/m0/s1. The first-order valence-corrected chi connectivity index (χ1v) is 11.9. The topological polar surface area (TPSA) is 63.1 Å². The zero-order chi connectivity index (χ0) is 24.2. The van der Waals surface area contributed by atoms with Gasteiger partial charge in [-0.3, -0.25) is 9.59 Å². The van der Waals surface area contributed by atoms with Gasteiger partial charge in [0.15, 0.2) is 0 Å². The first-order chi connectivity index (χ1) is 17.1. The van der Waals surface area contributed by atoms with E-state index < -0.39 is 6.04 Å². The Kier molecular flexibility index (Phi) is 6.31. The molecule has 4 aromatic carbocycles. The number of fused-ring (bicyclic) bond motifs is 3. The van der Waals surface area contributed by atoms with Crippen molar-refractivity contribution >= 4 is 39.3 Å². The predicted molar refractivity (Wildman–Crippen MR) is 141 cm³/mol. The SMILES string of the molecule is CCn1c2ccccc2c2cc(NC(=O)C[C@H](NC(=O)c3ccccc3)c3ccccc3)ccc21. The van der Waals surface area contributed by atoms with Gasteiger partial charge < -0.3 is 15.2 Å². The van der Waals surface area contributed by atoms with Gasteiger partial charge in [0.05, 0.1) is 12.5 Å². The number of amides is 2. The molecule has 5 heteroatoms. The Morgan fingerprint density at radius 1 is 0.771 bits per heavy atom. The number of anilines is 1. The van der Waals surface area contributed by atoms with Crippen LogP contribution >= 0.6 is 0 Å². The fraction of sp³-hybridized carbons (Fsp3) is 0.133. The van der Waals surface area contributed by atoms with Crippen LogP contribution in [0.5, 0.6) is 0 Å². The van der Waals surface area contributed by atoms with Gasteiger partial charge in [0.2, 0.25) is 5.91 Å². The average Bonchev–Trinajstić information content (AvgIpc) is 3.22. The van der Waals surface area contributed by atoms with Gasteiger partial charge in [0.1, 0.15) is 0 Å². The lowest BCUT2D eigenvalue weighted by molar-refractivity contribution is -0.116. The van der Waals surface area contributed by atoms with Crippen LogP contribution in [-0.4, -0.2) is 16.4 Å². The molecule has 0 saturated carbocycles. The van der Waals surface area contributed by atoms with Crippen LogP contribution in [0.15, 0.2) is 103 Å². The van der Waals surface area contributed by atoms with Crippen LogP contribution in [0.25, 0.3) is 21.8 Å².